The van der Waals surface area contributed by atoms with E-state index in [1.807, 2.05) is 12.3 Å². The third kappa shape index (κ3) is 3.70. The monoisotopic (exact) mass is 285 g/mol. The van der Waals surface area contributed by atoms with Crippen LogP contribution < -0.4 is 5.32 Å². The van der Waals surface area contributed by atoms with Crippen LogP contribution in [0.5, 0.6) is 0 Å². The van der Waals surface area contributed by atoms with Gasteiger partial charge >= 0.3 is 0 Å². The van der Waals surface area contributed by atoms with Gasteiger partial charge in [0.1, 0.15) is 6.26 Å². The predicted molar refractivity (Wildman–Crippen MR) is 78.7 cm³/mol. The van der Waals surface area contributed by atoms with Gasteiger partial charge in [-0.1, -0.05) is 6.07 Å². The Morgan fingerprint density at radius 3 is 3.19 bits per heavy atom. The molecule has 2 aromatic heterocycles. The van der Waals surface area contributed by atoms with E-state index in [1.165, 1.54) is 18.1 Å². The second kappa shape index (κ2) is 6.54. The lowest BCUT2D eigenvalue weighted by Gasteiger charge is -2.33. The Bertz CT molecular complexity index is 568. The van der Waals surface area contributed by atoms with Crippen LogP contribution in [0.3, 0.4) is 0 Å². The number of furan rings is 1. The van der Waals surface area contributed by atoms with E-state index in [0.717, 1.165) is 32.5 Å². The summed E-state index contributed by atoms with van der Waals surface area (Å²) in [7, 11) is 0. The van der Waals surface area contributed by atoms with Crippen LogP contribution in [0.2, 0.25) is 0 Å². The summed E-state index contributed by atoms with van der Waals surface area (Å²) in [6.07, 6.45) is 8.79. The molecule has 1 fully saturated rings. The van der Waals surface area contributed by atoms with Crippen molar-refractivity contribution in [2.24, 2.45) is 0 Å². The molecule has 0 saturated carbocycles. The molecule has 0 radical (unpaired) electrons. The number of piperidine rings is 1. The van der Waals surface area contributed by atoms with Crippen molar-refractivity contribution in [3.8, 4) is 0 Å². The highest BCUT2D eigenvalue weighted by Crippen LogP contribution is 2.14. The van der Waals surface area contributed by atoms with Crippen LogP contribution in [-0.4, -0.2) is 34.9 Å². The number of carbonyl (C=O) groups is 1. The van der Waals surface area contributed by atoms with Gasteiger partial charge in [0.2, 0.25) is 0 Å². The molecule has 2 aromatic rings. The number of rotatable bonds is 4. The second-order valence-electron chi connectivity index (χ2n) is 5.42. The molecule has 110 valence electrons. The average molecular weight is 285 g/mol. The first kappa shape index (κ1) is 13.8. The minimum Gasteiger partial charge on any atom is -0.472 e. The van der Waals surface area contributed by atoms with Crippen molar-refractivity contribution in [1.29, 1.82) is 0 Å². The summed E-state index contributed by atoms with van der Waals surface area (Å²) in [5, 5.41) is 3.08. The summed E-state index contributed by atoms with van der Waals surface area (Å²) in [6.45, 7) is 2.82. The highest BCUT2D eigenvalue weighted by molar-refractivity contribution is 5.93. The van der Waals surface area contributed by atoms with E-state index in [0.29, 0.717) is 5.56 Å². The van der Waals surface area contributed by atoms with Gasteiger partial charge in [-0.25, -0.2) is 0 Å². The summed E-state index contributed by atoms with van der Waals surface area (Å²) in [6, 6.07) is 5.92. The standard InChI is InChI=1S/C16H19N3O2/c20-16(14-5-8-21-12-14)18-15-4-2-7-19(11-15)10-13-3-1-6-17-9-13/h1,3,5-6,8-9,12,15H,2,4,7,10-11H2,(H,18,20)/t15-/m1/s1. The molecule has 3 heterocycles. The zero-order valence-electron chi connectivity index (χ0n) is 11.9. The maximum absolute atomic E-state index is 12.0. The lowest BCUT2D eigenvalue weighted by Crippen LogP contribution is -2.47. The van der Waals surface area contributed by atoms with E-state index in [2.05, 4.69) is 21.3 Å². The molecule has 1 aliphatic rings. The van der Waals surface area contributed by atoms with E-state index in [1.54, 1.807) is 12.3 Å². The molecule has 0 aromatic carbocycles. The molecule has 5 nitrogen and oxygen atoms in total. The number of nitrogens with zero attached hydrogens (tertiary/aromatic N) is 2. The molecule has 1 aliphatic heterocycles. The quantitative estimate of drug-likeness (QED) is 0.934. The zero-order chi connectivity index (χ0) is 14.5. The lowest BCUT2D eigenvalue weighted by molar-refractivity contribution is 0.0900. The molecule has 0 aliphatic carbocycles. The first-order valence-electron chi connectivity index (χ1n) is 7.25. The predicted octanol–water partition coefficient (Wildman–Crippen LogP) is 2.07. The number of amides is 1. The number of hydrogen-bond donors (Lipinski definition) is 1. The summed E-state index contributed by atoms with van der Waals surface area (Å²) in [5.74, 6) is -0.0584. The highest BCUT2D eigenvalue weighted by atomic mass is 16.3. The van der Waals surface area contributed by atoms with Crippen molar-refractivity contribution in [3.05, 3.63) is 54.2 Å². The minimum atomic E-state index is -0.0584. The maximum Gasteiger partial charge on any atom is 0.254 e. The van der Waals surface area contributed by atoms with Crippen molar-refractivity contribution in [2.45, 2.75) is 25.4 Å². The van der Waals surface area contributed by atoms with E-state index in [9.17, 15) is 4.79 Å². The van der Waals surface area contributed by atoms with Crippen LogP contribution in [-0.2, 0) is 6.54 Å². The van der Waals surface area contributed by atoms with Gasteiger partial charge in [0, 0.05) is 31.5 Å². The Balaban J connectivity index is 1.55. The smallest absolute Gasteiger partial charge is 0.254 e. The lowest BCUT2D eigenvalue weighted by atomic mass is 10.0. The summed E-state index contributed by atoms with van der Waals surface area (Å²) in [5.41, 5.74) is 1.79. The Kier molecular flexibility index (Phi) is 4.31. The second-order valence-corrected chi connectivity index (χ2v) is 5.42. The third-order valence-corrected chi connectivity index (χ3v) is 3.75. The van der Waals surface area contributed by atoms with Crippen LogP contribution in [0.15, 0.2) is 47.5 Å². The van der Waals surface area contributed by atoms with Gasteiger partial charge in [0.05, 0.1) is 11.8 Å². The molecular formula is C16H19N3O2. The number of pyridine rings is 1. The number of hydrogen-bond acceptors (Lipinski definition) is 4. The van der Waals surface area contributed by atoms with Gasteiger partial charge in [0.25, 0.3) is 5.91 Å². The van der Waals surface area contributed by atoms with Gasteiger partial charge in [0.15, 0.2) is 0 Å². The van der Waals surface area contributed by atoms with Crippen molar-refractivity contribution < 1.29 is 9.21 Å². The van der Waals surface area contributed by atoms with E-state index < -0.39 is 0 Å². The average Bonchev–Trinajstić information content (AvgIpc) is 3.03. The molecule has 1 N–H and O–H groups in total. The van der Waals surface area contributed by atoms with Crippen LogP contribution in [0.1, 0.15) is 28.8 Å². The molecule has 1 atom stereocenters. The van der Waals surface area contributed by atoms with Crippen LogP contribution in [0.25, 0.3) is 0 Å². The van der Waals surface area contributed by atoms with Gasteiger partial charge < -0.3 is 9.73 Å². The maximum atomic E-state index is 12.0. The number of aromatic nitrogens is 1. The topological polar surface area (TPSA) is 58.4 Å². The molecule has 5 heteroatoms. The fourth-order valence-electron chi connectivity index (χ4n) is 2.73. The van der Waals surface area contributed by atoms with Gasteiger partial charge in [-0.15, -0.1) is 0 Å². The molecule has 21 heavy (non-hydrogen) atoms. The fourth-order valence-corrected chi connectivity index (χ4v) is 2.73. The minimum absolute atomic E-state index is 0.0584. The van der Waals surface area contributed by atoms with Crippen molar-refractivity contribution >= 4 is 5.91 Å². The zero-order valence-corrected chi connectivity index (χ0v) is 11.9. The number of nitrogens with one attached hydrogen (secondary N) is 1. The molecule has 1 amide bonds. The molecule has 3 rings (SSSR count). The van der Waals surface area contributed by atoms with Gasteiger partial charge in [-0.05, 0) is 37.1 Å². The molecular weight excluding hydrogens is 266 g/mol. The SMILES string of the molecule is O=C(N[C@@H]1CCCN(Cc2cccnc2)C1)c1ccoc1. The summed E-state index contributed by atoms with van der Waals surface area (Å²) in [4.78, 5) is 18.5. The Morgan fingerprint density at radius 2 is 2.43 bits per heavy atom. The molecule has 1 saturated heterocycles. The third-order valence-electron chi connectivity index (χ3n) is 3.75. The van der Waals surface area contributed by atoms with Crippen molar-refractivity contribution in [2.75, 3.05) is 13.1 Å². The highest BCUT2D eigenvalue weighted by Gasteiger charge is 2.22. The van der Waals surface area contributed by atoms with E-state index in [4.69, 9.17) is 4.42 Å². The number of carbonyl (C=O) groups excluding carboxylic acids is 1. The van der Waals surface area contributed by atoms with E-state index >= 15 is 0 Å². The number of likely N-dealkylation sites (tertiary alicyclic amines) is 1. The Hall–Kier alpha value is -2.14. The van der Waals surface area contributed by atoms with Crippen molar-refractivity contribution in [1.82, 2.24) is 15.2 Å². The van der Waals surface area contributed by atoms with Gasteiger partial charge in [-0.3, -0.25) is 14.7 Å². The Morgan fingerprint density at radius 1 is 1.48 bits per heavy atom. The first-order valence-corrected chi connectivity index (χ1v) is 7.25. The first-order chi connectivity index (χ1) is 10.3. The molecule has 0 bridgehead atoms. The van der Waals surface area contributed by atoms with Crippen LogP contribution >= 0.6 is 0 Å². The fraction of sp³-hybridized carbons (Fsp3) is 0.375. The summed E-state index contributed by atoms with van der Waals surface area (Å²) < 4.78 is 4.95. The Labute approximate surface area is 124 Å². The summed E-state index contributed by atoms with van der Waals surface area (Å²) >= 11 is 0. The van der Waals surface area contributed by atoms with Crippen molar-refractivity contribution in [3.63, 3.8) is 0 Å². The van der Waals surface area contributed by atoms with Crippen LogP contribution in [0.4, 0.5) is 0 Å². The molecule has 0 unspecified atom stereocenters. The largest absolute Gasteiger partial charge is 0.472 e. The van der Waals surface area contributed by atoms with Gasteiger partial charge in [-0.2, -0.15) is 0 Å². The van der Waals surface area contributed by atoms with E-state index in [-0.39, 0.29) is 11.9 Å². The molecule has 0 spiro atoms. The normalized spacial score (nSPS) is 19.3. The van der Waals surface area contributed by atoms with Crippen LogP contribution in [0, 0.1) is 0 Å².